The number of benzene rings is 1. The zero-order valence-corrected chi connectivity index (χ0v) is 11.8. The summed E-state index contributed by atoms with van der Waals surface area (Å²) in [6.45, 7) is 4.71. The van der Waals surface area contributed by atoms with E-state index in [1.807, 2.05) is 24.8 Å². The molecule has 0 saturated heterocycles. The number of aromatic hydroxyl groups is 1. The molecule has 1 amide bonds. The van der Waals surface area contributed by atoms with Gasteiger partial charge in [-0.15, -0.1) is 0 Å². The molecule has 0 atom stereocenters. The topological polar surface area (TPSA) is 40.5 Å². The number of carbonyl (C=O) groups is 1. The van der Waals surface area contributed by atoms with E-state index in [0.717, 1.165) is 10.9 Å². The predicted octanol–water partition coefficient (Wildman–Crippen LogP) is 2.57. The summed E-state index contributed by atoms with van der Waals surface area (Å²) in [6.07, 6.45) is 0.333. The van der Waals surface area contributed by atoms with Gasteiger partial charge in [0.25, 0.3) is 0 Å². The Morgan fingerprint density at radius 2 is 2.18 bits per heavy atom. The van der Waals surface area contributed by atoms with Gasteiger partial charge in [0.2, 0.25) is 5.91 Å². The Morgan fingerprint density at radius 3 is 2.71 bits per heavy atom. The first kappa shape index (κ1) is 14.0. The van der Waals surface area contributed by atoms with Crippen molar-refractivity contribution in [3.05, 3.63) is 29.8 Å². The summed E-state index contributed by atoms with van der Waals surface area (Å²) in [4.78, 5) is 13.9. The number of rotatable bonds is 5. The summed E-state index contributed by atoms with van der Waals surface area (Å²) < 4.78 is 0. The lowest BCUT2D eigenvalue weighted by Crippen LogP contribution is -2.39. The number of hydrogen-bond donors (Lipinski definition) is 1. The Balaban J connectivity index is 2.69. The molecule has 0 aromatic heterocycles. The van der Waals surface area contributed by atoms with E-state index in [4.69, 9.17) is 0 Å². The maximum atomic E-state index is 12.1. The van der Waals surface area contributed by atoms with Crippen LogP contribution < -0.4 is 0 Å². The maximum Gasteiger partial charge on any atom is 0.227 e. The van der Waals surface area contributed by atoms with Crippen LogP contribution in [-0.2, 0) is 11.2 Å². The molecule has 0 aliphatic carbocycles. The van der Waals surface area contributed by atoms with E-state index in [2.05, 4.69) is 15.9 Å². The van der Waals surface area contributed by atoms with Crippen molar-refractivity contribution in [1.29, 1.82) is 0 Å². The van der Waals surface area contributed by atoms with Gasteiger partial charge in [-0.1, -0.05) is 28.1 Å². The molecule has 17 heavy (non-hydrogen) atoms. The average Bonchev–Trinajstić information content (AvgIpc) is 2.25. The highest BCUT2D eigenvalue weighted by Crippen LogP contribution is 2.13. The molecule has 1 aromatic carbocycles. The van der Waals surface area contributed by atoms with Gasteiger partial charge in [-0.3, -0.25) is 4.79 Å². The average molecular weight is 300 g/mol. The molecule has 1 N–H and O–H groups in total. The highest BCUT2D eigenvalue weighted by molar-refractivity contribution is 9.09. The lowest BCUT2D eigenvalue weighted by molar-refractivity contribution is -0.131. The SMILES string of the molecule is CC(C)N(CCBr)C(=O)Cc1cccc(O)c1. The number of carbonyl (C=O) groups excluding carboxylic acids is 1. The predicted molar refractivity (Wildman–Crippen MR) is 72.5 cm³/mol. The monoisotopic (exact) mass is 299 g/mol. The standard InChI is InChI=1S/C13H18BrNO2/c1-10(2)15(7-6-14)13(17)9-11-4-3-5-12(16)8-11/h3-5,8,10,16H,6-7,9H2,1-2H3. The number of phenolic OH excluding ortho intramolecular Hbond substituents is 1. The third kappa shape index (κ3) is 4.38. The molecule has 0 radical (unpaired) electrons. The third-order valence-corrected chi connectivity index (χ3v) is 2.89. The fourth-order valence-electron chi connectivity index (χ4n) is 1.70. The lowest BCUT2D eigenvalue weighted by Gasteiger charge is -2.26. The second-order valence-electron chi connectivity index (χ2n) is 4.22. The smallest absolute Gasteiger partial charge is 0.227 e. The summed E-state index contributed by atoms with van der Waals surface area (Å²) in [5.74, 6) is 0.289. The first-order chi connectivity index (χ1) is 8.04. The minimum Gasteiger partial charge on any atom is -0.508 e. The Labute approximate surface area is 111 Å². The van der Waals surface area contributed by atoms with Gasteiger partial charge in [0.15, 0.2) is 0 Å². The number of alkyl halides is 1. The van der Waals surface area contributed by atoms with E-state index in [-0.39, 0.29) is 17.7 Å². The first-order valence-corrected chi connectivity index (χ1v) is 6.80. The fourth-order valence-corrected chi connectivity index (χ4v) is 2.09. The van der Waals surface area contributed by atoms with Crippen LogP contribution in [-0.4, -0.2) is 33.8 Å². The largest absolute Gasteiger partial charge is 0.508 e. The van der Waals surface area contributed by atoms with Crippen LogP contribution in [0.4, 0.5) is 0 Å². The van der Waals surface area contributed by atoms with Crippen molar-refractivity contribution in [3.63, 3.8) is 0 Å². The van der Waals surface area contributed by atoms with E-state index in [0.29, 0.717) is 13.0 Å². The molecule has 1 rings (SSSR count). The molecule has 0 unspecified atom stereocenters. The Kier molecular flexibility index (Phi) is 5.48. The number of hydrogen-bond acceptors (Lipinski definition) is 2. The molecule has 0 fully saturated rings. The Bertz CT molecular complexity index is 379. The molecular formula is C13H18BrNO2. The summed E-state index contributed by atoms with van der Waals surface area (Å²) in [7, 11) is 0. The van der Waals surface area contributed by atoms with Crippen molar-refractivity contribution >= 4 is 21.8 Å². The normalized spacial score (nSPS) is 10.6. The molecule has 0 aliphatic heterocycles. The van der Waals surface area contributed by atoms with Gasteiger partial charge in [-0.25, -0.2) is 0 Å². The highest BCUT2D eigenvalue weighted by atomic mass is 79.9. The van der Waals surface area contributed by atoms with Crippen LogP contribution in [0, 0.1) is 0 Å². The number of nitrogens with zero attached hydrogens (tertiary/aromatic N) is 1. The molecule has 0 spiro atoms. The van der Waals surface area contributed by atoms with E-state index in [1.165, 1.54) is 0 Å². The number of amides is 1. The second-order valence-corrected chi connectivity index (χ2v) is 5.01. The van der Waals surface area contributed by atoms with Gasteiger partial charge in [0.05, 0.1) is 6.42 Å². The van der Waals surface area contributed by atoms with Gasteiger partial charge in [-0.2, -0.15) is 0 Å². The molecule has 0 aliphatic rings. The minimum absolute atomic E-state index is 0.0880. The number of phenols is 1. The minimum atomic E-state index is 0.0880. The Hall–Kier alpha value is -1.03. The highest BCUT2D eigenvalue weighted by Gasteiger charge is 2.16. The number of halogens is 1. The second kappa shape index (κ2) is 6.64. The van der Waals surface area contributed by atoms with Crippen LogP contribution in [0.1, 0.15) is 19.4 Å². The van der Waals surface area contributed by atoms with Crippen molar-refractivity contribution in [3.8, 4) is 5.75 Å². The summed E-state index contributed by atoms with van der Waals surface area (Å²) in [6, 6.07) is 7.03. The molecule has 3 nitrogen and oxygen atoms in total. The van der Waals surface area contributed by atoms with Crippen LogP contribution in [0.3, 0.4) is 0 Å². The third-order valence-electron chi connectivity index (χ3n) is 2.54. The summed E-state index contributed by atoms with van der Waals surface area (Å²) in [5, 5.41) is 10.1. The van der Waals surface area contributed by atoms with Crippen LogP contribution in [0.5, 0.6) is 5.75 Å². The van der Waals surface area contributed by atoms with Crippen molar-refractivity contribution in [2.45, 2.75) is 26.3 Å². The van der Waals surface area contributed by atoms with Crippen molar-refractivity contribution in [1.82, 2.24) is 4.90 Å². The van der Waals surface area contributed by atoms with Crippen LogP contribution in [0.2, 0.25) is 0 Å². The molecular weight excluding hydrogens is 282 g/mol. The first-order valence-electron chi connectivity index (χ1n) is 5.68. The quantitative estimate of drug-likeness (QED) is 0.849. The van der Waals surface area contributed by atoms with Gasteiger partial charge in [-0.05, 0) is 31.5 Å². The maximum absolute atomic E-state index is 12.1. The molecule has 4 heteroatoms. The summed E-state index contributed by atoms with van der Waals surface area (Å²) in [5.41, 5.74) is 0.843. The van der Waals surface area contributed by atoms with Gasteiger partial charge in [0.1, 0.15) is 5.75 Å². The van der Waals surface area contributed by atoms with E-state index >= 15 is 0 Å². The lowest BCUT2D eigenvalue weighted by atomic mass is 10.1. The van der Waals surface area contributed by atoms with Crippen molar-refractivity contribution in [2.75, 3.05) is 11.9 Å². The Morgan fingerprint density at radius 1 is 1.47 bits per heavy atom. The molecule has 94 valence electrons. The van der Waals surface area contributed by atoms with Gasteiger partial charge < -0.3 is 10.0 Å². The van der Waals surface area contributed by atoms with Gasteiger partial charge >= 0.3 is 0 Å². The zero-order chi connectivity index (χ0) is 12.8. The van der Waals surface area contributed by atoms with E-state index < -0.39 is 0 Å². The molecule has 1 aromatic rings. The van der Waals surface area contributed by atoms with Crippen LogP contribution in [0.25, 0.3) is 0 Å². The molecule has 0 saturated carbocycles. The molecule has 0 heterocycles. The van der Waals surface area contributed by atoms with Crippen LogP contribution in [0.15, 0.2) is 24.3 Å². The van der Waals surface area contributed by atoms with Crippen molar-refractivity contribution < 1.29 is 9.90 Å². The van der Waals surface area contributed by atoms with Crippen molar-refractivity contribution in [2.24, 2.45) is 0 Å². The fraction of sp³-hybridized carbons (Fsp3) is 0.462. The van der Waals surface area contributed by atoms with Gasteiger partial charge in [0, 0.05) is 17.9 Å². The van der Waals surface area contributed by atoms with E-state index in [9.17, 15) is 9.90 Å². The molecule has 0 bridgehead atoms. The zero-order valence-electron chi connectivity index (χ0n) is 10.2. The van der Waals surface area contributed by atoms with E-state index in [1.54, 1.807) is 18.2 Å². The summed E-state index contributed by atoms with van der Waals surface area (Å²) >= 11 is 3.35. The van der Waals surface area contributed by atoms with Crippen LogP contribution >= 0.6 is 15.9 Å².